The number of carbonyl (C=O) groups is 2. The maximum Gasteiger partial charge on any atom is 0.302 e. The van der Waals surface area contributed by atoms with Crippen LogP contribution in [0, 0.1) is 0 Å². The molecule has 4 nitrogen and oxygen atoms in total. The molecule has 1 aliphatic rings. The van der Waals surface area contributed by atoms with Crippen molar-refractivity contribution < 1.29 is 14.3 Å². The SMILES string of the molecule is CC(=O)OCCC1(c2ccc(Br)cc2)CNC(=O)C1. The van der Waals surface area contributed by atoms with E-state index in [9.17, 15) is 9.59 Å². The van der Waals surface area contributed by atoms with Gasteiger partial charge in [-0.1, -0.05) is 28.1 Å². The number of carbonyl (C=O) groups excluding carboxylic acids is 2. The molecule has 1 N–H and O–H groups in total. The Morgan fingerprint density at radius 2 is 2.11 bits per heavy atom. The predicted molar refractivity (Wildman–Crippen MR) is 74.7 cm³/mol. The summed E-state index contributed by atoms with van der Waals surface area (Å²) >= 11 is 3.40. The van der Waals surface area contributed by atoms with Crippen molar-refractivity contribution in [3.05, 3.63) is 34.3 Å². The van der Waals surface area contributed by atoms with Crippen LogP contribution >= 0.6 is 15.9 Å². The van der Waals surface area contributed by atoms with E-state index in [1.165, 1.54) is 6.92 Å². The third-order valence-corrected chi connectivity index (χ3v) is 3.99. The number of amides is 1. The second-order valence-corrected chi connectivity index (χ2v) is 5.75. The van der Waals surface area contributed by atoms with E-state index < -0.39 is 0 Å². The first-order valence-corrected chi connectivity index (χ1v) is 6.97. The largest absolute Gasteiger partial charge is 0.466 e. The van der Waals surface area contributed by atoms with Gasteiger partial charge in [-0.3, -0.25) is 9.59 Å². The molecule has 1 amide bonds. The number of hydrogen-bond acceptors (Lipinski definition) is 3. The van der Waals surface area contributed by atoms with Crippen LogP contribution < -0.4 is 5.32 Å². The lowest BCUT2D eigenvalue weighted by Gasteiger charge is -2.27. The Hall–Kier alpha value is -1.36. The molecule has 1 saturated heterocycles. The summed E-state index contributed by atoms with van der Waals surface area (Å²) in [7, 11) is 0. The average molecular weight is 326 g/mol. The van der Waals surface area contributed by atoms with Gasteiger partial charge in [0.25, 0.3) is 0 Å². The fourth-order valence-corrected chi connectivity index (χ4v) is 2.68. The van der Waals surface area contributed by atoms with Gasteiger partial charge in [0, 0.05) is 29.8 Å². The van der Waals surface area contributed by atoms with E-state index in [1.807, 2.05) is 24.3 Å². The van der Waals surface area contributed by atoms with E-state index in [1.54, 1.807) is 0 Å². The standard InChI is InChI=1S/C14H16BrNO3/c1-10(17)19-7-6-14(8-13(18)16-9-14)11-2-4-12(15)5-3-11/h2-5H,6-9H2,1H3,(H,16,18). The van der Waals surface area contributed by atoms with Gasteiger partial charge < -0.3 is 10.1 Å². The van der Waals surface area contributed by atoms with E-state index in [-0.39, 0.29) is 17.3 Å². The molecule has 19 heavy (non-hydrogen) atoms. The first-order chi connectivity index (χ1) is 9.02. The topological polar surface area (TPSA) is 55.4 Å². The Bertz CT molecular complexity index is 486. The van der Waals surface area contributed by atoms with Crippen LogP contribution in [0.15, 0.2) is 28.7 Å². The highest BCUT2D eigenvalue weighted by Gasteiger charge is 2.39. The van der Waals surface area contributed by atoms with Crippen molar-refractivity contribution in [1.29, 1.82) is 0 Å². The quantitative estimate of drug-likeness (QED) is 0.863. The third kappa shape index (κ3) is 3.35. The van der Waals surface area contributed by atoms with E-state index in [4.69, 9.17) is 4.74 Å². The van der Waals surface area contributed by atoms with E-state index in [0.29, 0.717) is 26.0 Å². The summed E-state index contributed by atoms with van der Waals surface area (Å²) in [5.74, 6) is -0.242. The maximum atomic E-state index is 11.6. The molecule has 0 saturated carbocycles. The molecule has 1 heterocycles. The number of halogens is 1. The van der Waals surface area contributed by atoms with Crippen LogP contribution in [0.1, 0.15) is 25.3 Å². The van der Waals surface area contributed by atoms with Crippen molar-refractivity contribution in [3.8, 4) is 0 Å². The first-order valence-electron chi connectivity index (χ1n) is 6.18. The lowest BCUT2D eigenvalue weighted by atomic mass is 9.77. The fraction of sp³-hybridized carbons (Fsp3) is 0.429. The van der Waals surface area contributed by atoms with Crippen LogP contribution in [0.5, 0.6) is 0 Å². The third-order valence-electron chi connectivity index (χ3n) is 3.47. The van der Waals surface area contributed by atoms with Crippen molar-refractivity contribution in [2.45, 2.75) is 25.2 Å². The zero-order valence-corrected chi connectivity index (χ0v) is 12.3. The van der Waals surface area contributed by atoms with Crippen molar-refractivity contribution in [2.75, 3.05) is 13.2 Å². The smallest absolute Gasteiger partial charge is 0.302 e. The summed E-state index contributed by atoms with van der Waals surface area (Å²) in [5, 5.41) is 2.87. The summed E-state index contributed by atoms with van der Waals surface area (Å²) < 4.78 is 6.03. The van der Waals surface area contributed by atoms with E-state index in [2.05, 4.69) is 21.2 Å². The minimum atomic E-state index is -0.289. The van der Waals surface area contributed by atoms with Crippen LogP contribution in [-0.4, -0.2) is 25.0 Å². The van der Waals surface area contributed by atoms with Gasteiger partial charge in [-0.05, 0) is 24.1 Å². The Morgan fingerprint density at radius 3 is 2.63 bits per heavy atom. The molecular weight excluding hydrogens is 310 g/mol. The molecule has 2 rings (SSSR count). The van der Waals surface area contributed by atoms with Gasteiger partial charge in [-0.25, -0.2) is 0 Å². The number of ether oxygens (including phenoxy) is 1. The zero-order chi connectivity index (χ0) is 13.9. The molecule has 102 valence electrons. The molecule has 0 aliphatic carbocycles. The van der Waals surface area contributed by atoms with Gasteiger partial charge in [0.15, 0.2) is 0 Å². The van der Waals surface area contributed by atoms with E-state index in [0.717, 1.165) is 10.0 Å². The molecule has 0 bridgehead atoms. The summed E-state index contributed by atoms with van der Waals surface area (Å²) in [4.78, 5) is 22.4. The van der Waals surface area contributed by atoms with Crippen LogP contribution in [-0.2, 0) is 19.7 Å². The lowest BCUT2D eigenvalue weighted by molar-refractivity contribution is -0.141. The highest BCUT2D eigenvalue weighted by atomic mass is 79.9. The minimum absolute atomic E-state index is 0.0470. The van der Waals surface area contributed by atoms with Crippen LogP contribution in [0.4, 0.5) is 0 Å². The second-order valence-electron chi connectivity index (χ2n) is 4.83. The molecule has 1 atom stereocenters. The van der Waals surface area contributed by atoms with Gasteiger partial charge in [0.2, 0.25) is 5.91 Å². The number of hydrogen-bond donors (Lipinski definition) is 1. The highest BCUT2D eigenvalue weighted by Crippen LogP contribution is 2.35. The number of nitrogens with one attached hydrogen (secondary N) is 1. The van der Waals surface area contributed by atoms with Gasteiger partial charge in [0.05, 0.1) is 6.61 Å². The van der Waals surface area contributed by atoms with Crippen LogP contribution in [0.25, 0.3) is 0 Å². The van der Waals surface area contributed by atoms with Gasteiger partial charge in [0.1, 0.15) is 0 Å². The average Bonchev–Trinajstić information content (AvgIpc) is 2.72. The Balaban J connectivity index is 2.17. The Morgan fingerprint density at radius 1 is 1.42 bits per heavy atom. The summed E-state index contributed by atoms with van der Waals surface area (Å²) in [6, 6.07) is 7.95. The molecule has 1 fully saturated rings. The molecular formula is C14H16BrNO3. The van der Waals surface area contributed by atoms with Gasteiger partial charge in [-0.2, -0.15) is 0 Å². The zero-order valence-electron chi connectivity index (χ0n) is 10.7. The van der Waals surface area contributed by atoms with Crippen molar-refractivity contribution in [1.82, 2.24) is 5.32 Å². The van der Waals surface area contributed by atoms with Gasteiger partial charge >= 0.3 is 5.97 Å². The second kappa shape index (κ2) is 5.74. The maximum absolute atomic E-state index is 11.6. The molecule has 0 radical (unpaired) electrons. The molecule has 1 aliphatic heterocycles. The lowest BCUT2D eigenvalue weighted by Crippen LogP contribution is -2.30. The monoisotopic (exact) mass is 325 g/mol. The molecule has 5 heteroatoms. The van der Waals surface area contributed by atoms with E-state index >= 15 is 0 Å². The summed E-state index contributed by atoms with van der Waals surface area (Å²) in [5.41, 5.74) is 0.828. The normalized spacial score (nSPS) is 22.1. The number of benzene rings is 1. The number of rotatable bonds is 4. The molecule has 0 aromatic heterocycles. The first kappa shape index (κ1) is 14.1. The summed E-state index contributed by atoms with van der Waals surface area (Å²) in [6.07, 6.45) is 1.09. The van der Waals surface area contributed by atoms with Crippen LogP contribution in [0.3, 0.4) is 0 Å². The Kier molecular flexibility index (Phi) is 4.24. The minimum Gasteiger partial charge on any atom is -0.466 e. The van der Waals surface area contributed by atoms with Crippen molar-refractivity contribution in [2.24, 2.45) is 0 Å². The highest BCUT2D eigenvalue weighted by molar-refractivity contribution is 9.10. The molecule has 1 aromatic carbocycles. The van der Waals surface area contributed by atoms with Crippen molar-refractivity contribution in [3.63, 3.8) is 0 Å². The molecule has 0 spiro atoms. The fourth-order valence-electron chi connectivity index (χ4n) is 2.42. The predicted octanol–water partition coefficient (Wildman–Crippen LogP) is 2.16. The number of esters is 1. The summed E-state index contributed by atoms with van der Waals surface area (Å²) in [6.45, 7) is 2.32. The molecule has 1 aromatic rings. The van der Waals surface area contributed by atoms with Gasteiger partial charge in [-0.15, -0.1) is 0 Å². The van der Waals surface area contributed by atoms with Crippen LogP contribution in [0.2, 0.25) is 0 Å². The van der Waals surface area contributed by atoms with Crippen molar-refractivity contribution >= 4 is 27.8 Å². The Labute approximate surface area is 120 Å². The molecule has 1 unspecified atom stereocenters.